The quantitative estimate of drug-likeness (QED) is 0.898. The standard InChI is InChI=1S/C15H22ClNO2/c1-17-14(9-11-5-7-19-8-6-11)13-4-3-12(16)10-15(13)18-2/h3-4,10-11,14,17H,5-9H2,1-2H3. The predicted octanol–water partition coefficient (Wildman–Crippen LogP) is 3.43. The molecule has 0 aliphatic carbocycles. The first-order valence-corrected chi connectivity index (χ1v) is 7.21. The lowest BCUT2D eigenvalue weighted by Gasteiger charge is -2.27. The van der Waals surface area contributed by atoms with Crippen molar-refractivity contribution < 1.29 is 9.47 Å². The zero-order valence-electron chi connectivity index (χ0n) is 11.6. The Bertz CT molecular complexity index is 405. The monoisotopic (exact) mass is 283 g/mol. The summed E-state index contributed by atoms with van der Waals surface area (Å²) in [7, 11) is 3.69. The molecule has 106 valence electrons. The highest BCUT2D eigenvalue weighted by molar-refractivity contribution is 6.30. The van der Waals surface area contributed by atoms with E-state index in [9.17, 15) is 0 Å². The molecule has 1 atom stereocenters. The van der Waals surface area contributed by atoms with E-state index in [-0.39, 0.29) is 0 Å². The van der Waals surface area contributed by atoms with Crippen LogP contribution < -0.4 is 10.1 Å². The van der Waals surface area contributed by atoms with Crippen LogP contribution in [0.25, 0.3) is 0 Å². The predicted molar refractivity (Wildman–Crippen MR) is 78.0 cm³/mol. The number of ether oxygens (including phenoxy) is 2. The maximum Gasteiger partial charge on any atom is 0.125 e. The van der Waals surface area contributed by atoms with Gasteiger partial charge in [-0.3, -0.25) is 0 Å². The van der Waals surface area contributed by atoms with Crippen LogP contribution in [0.1, 0.15) is 30.9 Å². The van der Waals surface area contributed by atoms with Gasteiger partial charge in [0, 0.05) is 29.8 Å². The Morgan fingerprint density at radius 2 is 2.16 bits per heavy atom. The maximum absolute atomic E-state index is 6.02. The molecule has 0 bridgehead atoms. The van der Waals surface area contributed by atoms with Crippen molar-refractivity contribution in [3.63, 3.8) is 0 Å². The average molecular weight is 284 g/mol. The first-order chi connectivity index (χ1) is 9.24. The Labute approximate surface area is 120 Å². The second-order valence-electron chi connectivity index (χ2n) is 5.02. The van der Waals surface area contributed by atoms with E-state index in [1.165, 1.54) is 5.56 Å². The zero-order chi connectivity index (χ0) is 13.7. The van der Waals surface area contributed by atoms with E-state index in [4.69, 9.17) is 21.1 Å². The number of methoxy groups -OCH3 is 1. The molecule has 19 heavy (non-hydrogen) atoms. The van der Waals surface area contributed by atoms with Crippen LogP contribution in [0.4, 0.5) is 0 Å². The third kappa shape index (κ3) is 3.85. The SMILES string of the molecule is CNC(CC1CCOCC1)c1ccc(Cl)cc1OC. The van der Waals surface area contributed by atoms with Crippen molar-refractivity contribution in [3.8, 4) is 5.75 Å². The van der Waals surface area contributed by atoms with Gasteiger partial charge in [-0.2, -0.15) is 0 Å². The van der Waals surface area contributed by atoms with Crippen molar-refractivity contribution in [1.82, 2.24) is 5.32 Å². The number of hydrogen-bond acceptors (Lipinski definition) is 3. The van der Waals surface area contributed by atoms with Crippen LogP contribution in [0.15, 0.2) is 18.2 Å². The minimum absolute atomic E-state index is 0.301. The van der Waals surface area contributed by atoms with Crippen molar-refractivity contribution in [2.45, 2.75) is 25.3 Å². The van der Waals surface area contributed by atoms with Gasteiger partial charge in [-0.05, 0) is 44.4 Å². The van der Waals surface area contributed by atoms with Gasteiger partial charge in [-0.25, -0.2) is 0 Å². The molecule has 0 amide bonds. The third-order valence-corrected chi connectivity index (χ3v) is 4.06. The summed E-state index contributed by atoms with van der Waals surface area (Å²) in [4.78, 5) is 0. The van der Waals surface area contributed by atoms with Gasteiger partial charge in [0.15, 0.2) is 0 Å². The summed E-state index contributed by atoms with van der Waals surface area (Å²) >= 11 is 6.02. The van der Waals surface area contributed by atoms with Crippen LogP contribution in [0.3, 0.4) is 0 Å². The lowest BCUT2D eigenvalue weighted by Crippen LogP contribution is -2.24. The largest absolute Gasteiger partial charge is 0.496 e. The lowest BCUT2D eigenvalue weighted by molar-refractivity contribution is 0.0607. The van der Waals surface area contributed by atoms with E-state index in [2.05, 4.69) is 11.4 Å². The highest BCUT2D eigenvalue weighted by Gasteiger charge is 2.21. The van der Waals surface area contributed by atoms with Gasteiger partial charge in [0.1, 0.15) is 5.75 Å². The van der Waals surface area contributed by atoms with E-state index < -0.39 is 0 Å². The molecule has 0 radical (unpaired) electrons. The molecule has 2 rings (SSSR count). The Morgan fingerprint density at radius 3 is 2.79 bits per heavy atom. The van der Waals surface area contributed by atoms with Gasteiger partial charge in [-0.1, -0.05) is 17.7 Å². The van der Waals surface area contributed by atoms with E-state index in [1.54, 1.807) is 7.11 Å². The fraction of sp³-hybridized carbons (Fsp3) is 0.600. The Hall–Kier alpha value is -0.770. The minimum Gasteiger partial charge on any atom is -0.496 e. The van der Waals surface area contributed by atoms with E-state index >= 15 is 0 Å². The normalized spacial score (nSPS) is 18.3. The fourth-order valence-electron chi connectivity index (χ4n) is 2.69. The maximum atomic E-state index is 6.02. The highest BCUT2D eigenvalue weighted by Crippen LogP contribution is 2.33. The molecule has 1 aromatic rings. The van der Waals surface area contributed by atoms with E-state index in [0.29, 0.717) is 17.0 Å². The summed E-state index contributed by atoms with van der Waals surface area (Å²) in [5.41, 5.74) is 1.18. The molecule has 1 fully saturated rings. The number of rotatable bonds is 5. The second-order valence-corrected chi connectivity index (χ2v) is 5.46. The molecule has 0 aromatic heterocycles. The van der Waals surface area contributed by atoms with Crippen molar-refractivity contribution in [2.75, 3.05) is 27.4 Å². The van der Waals surface area contributed by atoms with Gasteiger partial charge in [0.05, 0.1) is 7.11 Å². The van der Waals surface area contributed by atoms with Crippen LogP contribution >= 0.6 is 11.6 Å². The summed E-state index contributed by atoms with van der Waals surface area (Å²) in [6.45, 7) is 1.78. The zero-order valence-corrected chi connectivity index (χ0v) is 12.4. The molecular formula is C15H22ClNO2. The summed E-state index contributed by atoms with van der Waals surface area (Å²) < 4.78 is 10.9. The molecule has 0 spiro atoms. The number of halogens is 1. The minimum atomic E-state index is 0.301. The summed E-state index contributed by atoms with van der Waals surface area (Å²) in [6, 6.07) is 6.16. The topological polar surface area (TPSA) is 30.5 Å². The number of nitrogens with one attached hydrogen (secondary N) is 1. The molecule has 1 heterocycles. The number of hydrogen-bond donors (Lipinski definition) is 1. The molecule has 0 saturated carbocycles. The van der Waals surface area contributed by atoms with Crippen LogP contribution in [0.2, 0.25) is 5.02 Å². The molecule has 4 heteroatoms. The second kappa shape index (κ2) is 7.13. The van der Waals surface area contributed by atoms with E-state index in [0.717, 1.165) is 38.2 Å². The molecule has 1 unspecified atom stereocenters. The molecule has 1 saturated heterocycles. The van der Waals surface area contributed by atoms with Gasteiger partial charge < -0.3 is 14.8 Å². The number of benzene rings is 1. The van der Waals surface area contributed by atoms with Crippen LogP contribution in [-0.2, 0) is 4.74 Å². The molecule has 3 nitrogen and oxygen atoms in total. The van der Waals surface area contributed by atoms with Crippen LogP contribution in [0.5, 0.6) is 5.75 Å². The summed E-state index contributed by atoms with van der Waals surface area (Å²) in [5.74, 6) is 1.57. The molecule has 1 aliphatic heterocycles. The van der Waals surface area contributed by atoms with Crippen molar-refractivity contribution in [2.24, 2.45) is 5.92 Å². The summed E-state index contributed by atoms with van der Waals surface area (Å²) in [5, 5.41) is 4.11. The van der Waals surface area contributed by atoms with Crippen molar-refractivity contribution in [1.29, 1.82) is 0 Å². The van der Waals surface area contributed by atoms with Gasteiger partial charge in [0.2, 0.25) is 0 Å². The van der Waals surface area contributed by atoms with Crippen LogP contribution in [-0.4, -0.2) is 27.4 Å². The smallest absolute Gasteiger partial charge is 0.125 e. The molecule has 1 N–H and O–H groups in total. The van der Waals surface area contributed by atoms with E-state index in [1.807, 2.05) is 19.2 Å². The Kier molecular flexibility index (Phi) is 5.49. The van der Waals surface area contributed by atoms with Gasteiger partial charge >= 0.3 is 0 Å². The first kappa shape index (κ1) is 14.6. The molecular weight excluding hydrogens is 262 g/mol. The molecule has 1 aliphatic rings. The highest BCUT2D eigenvalue weighted by atomic mass is 35.5. The van der Waals surface area contributed by atoms with Gasteiger partial charge in [0.25, 0.3) is 0 Å². The Morgan fingerprint density at radius 1 is 1.42 bits per heavy atom. The van der Waals surface area contributed by atoms with Crippen LogP contribution in [0, 0.1) is 5.92 Å². The van der Waals surface area contributed by atoms with Gasteiger partial charge in [-0.15, -0.1) is 0 Å². The summed E-state index contributed by atoms with van der Waals surface area (Å²) in [6.07, 6.45) is 3.40. The Balaban J connectivity index is 2.11. The fourth-order valence-corrected chi connectivity index (χ4v) is 2.85. The van der Waals surface area contributed by atoms with Crippen molar-refractivity contribution in [3.05, 3.63) is 28.8 Å². The first-order valence-electron chi connectivity index (χ1n) is 6.83. The molecule has 1 aromatic carbocycles. The lowest BCUT2D eigenvalue weighted by atomic mass is 9.89. The third-order valence-electron chi connectivity index (χ3n) is 3.83. The van der Waals surface area contributed by atoms with Crippen molar-refractivity contribution >= 4 is 11.6 Å². The average Bonchev–Trinajstić information content (AvgIpc) is 2.46.